The predicted molar refractivity (Wildman–Crippen MR) is 104 cm³/mol. The van der Waals surface area contributed by atoms with Gasteiger partial charge in [0.15, 0.2) is 0 Å². The van der Waals surface area contributed by atoms with Gasteiger partial charge in [0.2, 0.25) is 0 Å². The van der Waals surface area contributed by atoms with Crippen LogP contribution in [0.5, 0.6) is 0 Å². The van der Waals surface area contributed by atoms with E-state index in [0.717, 1.165) is 6.42 Å². The van der Waals surface area contributed by atoms with Crippen molar-refractivity contribution in [2.45, 2.75) is 28.6 Å². The zero-order valence-electron chi connectivity index (χ0n) is 13.7. The van der Waals surface area contributed by atoms with Gasteiger partial charge in [-0.1, -0.05) is 60.7 Å². The molecule has 2 atom stereocenters. The van der Waals surface area contributed by atoms with Crippen LogP contribution in [0.2, 0.25) is 0 Å². The number of benzene rings is 2. The summed E-state index contributed by atoms with van der Waals surface area (Å²) in [4.78, 5) is 0. The first-order chi connectivity index (χ1) is 11.8. The number of thioether (sulfide) groups is 2. The molecule has 2 fully saturated rings. The molecule has 2 saturated heterocycles. The van der Waals surface area contributed by atoms with Gasteiger partial charge in [-0.3, -0.25) is 0 Å². The first-order valence-corrected chi connectivity index (χ1v) is 10.5. The van der Waals surface area contributed by atoms with Gasteiger partial charge in [-0.15, -0.1) is 23.5 Å². The van der Waals surface area contributed by atoms with Crippen LogP contribution in [0.3, 0.4) is 0 Å². The summed E-state index contributed by atoms with van der Waals surface area (Å²) in [7, 11) is 0. The molecule has 2 nitrogen and oxygen atoms in total. The van der Waals surface area contributed by atoms with Gasteiger partial charge in [0, 0.05) is 13.0 Å². The normalized spacial score (nSPS) is 29.0. The molecule has 24 heavy (non-hydrogen) atoms. The van der Waals surface area contributed by atoms with Crippen LogP contribution in [-0.4, -0.2) is 22.1 Å². The van der Waals surface area contributed by atoms with Crippen LogP contribution in [0.15, 0.2) is 60.7 Å². The van der Waals surface area contributed by atoms with Gasteiger partial charge in [0.25, 0.3) is 0 Å². The quantitative estimate of drug-likeness (QED) is 0.873. The molecule has 2 aromatic rings. The highest BCUT2D eigenvalue weighted by atomic mass is 32.2. The highest BCUT2D eigenvalue weighted by molar-refractivity contribution is 8.18. The van der Waals surface area contributed by atoms with Crippen molar-refractivity contribution in [1.82, 2.24) is 0 Å². The average Bonchev–Trinajstić information content (AvgIpc) is 2.98. The minimum atomic E-state index is -0.426. The molecule has 2 aliphatic rings. The molecule has 4 heteroatoms. The smallest absolute Gasteiger partial charge is 0.130 e. The fourth-order valence-corrected chi connectivity index (χ4v) is 7.64. The van der Waals surface area contributed by atoms with Gasteiger partial charge < -0.3 is 10.5 Å². The largest absolute Gasteiger partial charge is 0.359 e. The van der Waals surface area contributed by atoms with Gasteiger partial charge in [-0.05, 0) is 29.1 Å². The molecule has 126 valence electrons. The van der Waals surface area contributed by atoms with Crippen LogP contribution in [-0.2, 0) is 10.3 Å². The summed E-state index contributed by atoms with van der Waals surface area (Å²) in [5, 5.41) is 0. The van der Waals surface area contributed by atoms with E-state index < -0.39 is 5.60 Å². The highest BCUT2D eigenvalue weighted by Crippen LogP contribution is 2.64. The first-order valence-electron chi connectivity index (χ1n) is 8.56. The molecule has 2 heterocycles. The van der Waals surface area contributed by atoms with Gasteiger partial charge in [-0.2, -0.15) is 0 Å². The van der Waals surface area contributed by atoms with Crippen LogP contribution in [0.4, 0.5) is 0 Å². The van der Waals surface area contributed by atoms with Crippen molar-refractivity contribution in [1.29, 1.82) is 0 Å². The maximum absolute atomic E-state index is 6.80. The molecule has 0 bridgehead atoms. The van der Waals surface area contributed by atoms with Crippen molar-refractivity contribution in [3.63, 3.8) is 0 Å². The summed E-state index contributed by atoms with van der Waals surface area (Å²) in [5.41, 5.74) is 8.44. The molecule has 0 aromatic heterocycles. The first kappa shape index (κ1) is 16.5. The maximum atomic E-state index is 6.80. The highest BCUT2D eigenvalue weighted by Gasteiger charge is 2.61. The Morgan fingerprint density at radius 3 is 2.21 bits per heavy atom. The second-order valence-corrected chi connectivity index (χ2v) is 9.47. The summed E-state index contributed by atoms with van der Waals surface area (Å²) in [5.74, 6) is 2.37. The van der Waals surface area contributed by atoms with E-state index in [1.807, 2.05) is 0 Å². The molecule has 0 aliphatic carbocycles. The molecule has 0 amide bonds. The SMILES string of the molecule is NC[C@]1(c2ccccc2)O[C@H](c2ccccc2)CC12SCCCS2. The second kappa shape index (κ2) is 6.75. The lowest BCUT2D eigenvalue weighted by molar-refractivity contribution is -0.0419. The Labute approximate surface area is 152 Å². The fourth-order valence-electron chi connectivity index (χ4n) is 3.88. The van der Waals surface area contributed by atoms with Crippen LogP contribution in [0.25, 0.3) is 0 Å². The summed E-state index contributed by atoms with van der Waals surface area (Å²) >= 11 is 4.11. The zero-order chi connectivity index (χ0) is 16.5. The number of hydrogen-bond acceptors (Lipinski definition) is 4. The van der Waals surface area contributed by atoms with Gasteiger partial charge >= 0.3 is 0 Å². The van der Waals surface area contributed by atoms with Gasteiger partial charge in [-0.25, -0.2) is 0 Å². The third kappa shape index (κ3) is 2.60. The molecular weight excluding hydrogens is 334 g/mol. The van der Waals surface area contributed by atoms with E-state index in [2.05, 4.69) is 84.2 Å². The lowest BCUT2D eigenvalue weighted by atomic mass is 9.89. The second-order valence-electron chi connectivity index (χ2n) is 6.42. The minimum absolute atomic E-state index is 0.00185. The van der Waals surface area contributed by atoms with E-state index in [4.69, 9.17) is 10.5 Å². The molecular formula is C20H23NOS2. The molecule has 2 aliphatic heterocycles. The fraction of sp³-hybridized carbons (Fsp3) is 0.400. The topological polar surface area (TPSA) is 35.2 Å². The molecule has 4 rings (SSSR count). The summed E-state index contributed by atoms with van der Waals surface area (Å²) in [6.07, 6.45) is 2.38. The minimum Gasteiger partial charge on any atom is -0.359 e. The monoisotopic (exact) mass is 357 g/mol. The van der Waals surface area contributed by atoms with Crippen LogP contribution in [0.1, 0.15) is 30.1 Å². The number of ether oxygens (including phenoxy) is 1. The van der Waals surface area contributed by atoms with Crippen LogP contribution in [0, 0.1) is 0 Å². The third-order valence-electron chi connectivity index (χ3n) is 5.07. The Bertz CT molecular complexity index is 673. The van der Waals surface area contributed by atoms with Crippen molar-refractivity contribution >= 4 is 23.5 Å². The molecule has 2 N–H and O–H groups in total. The molecule has 0 unspecified atom stereocenters. The van der Waals surface area contributed by atoms with Crippen molar-refractivity contribution in [3.05, 3.63) is 71.8 Å². The number of hydrogen-bond donors (Lipinski definition) is 1. The van der Waals surface area contributed by atoms with E-state index >= 15 is 0 Å². The van der Waals surface area contributed by atoms with E-state index in [0.29, 0.717) is 6.54 Å². The lowest BCUT2D eigenvalue weighted by Crippen LogP contribution is -2.50. The molecule has 0 radical (unpaired) electrons. The van der Waals surface area contributed by atoms with Gasteiger partial charge in [0.1, 0.15) is 5.60 Å². The van der Waals surface area contributed by atoms with Crippen molar-refractivity contribution in [2.75, 3.05) is 18.1 Å². The number of nitrogens with two attached hydrogens (primary N) is 1. The summed E-state index contributed by atoms with van der Waals surface area (Å²) in [6, 6.07) is 21.2. The summed E-state index contributed by atoms with van der Waals surface area (Å²) in [6.45, 7) is 0.514. The Balaban J connectivity index is 1.79. The van der Waals surface area contributed by atoms with Gasteiger partial charge in [0.05, 0.1) is 10.2 Å². The Kier molecular flexibility index (Phi) is 4.65. The summed E-state index contributed by atoms with van der Waals surface area (Å²) < 4.78 is 6.80. The van der Waals surface area contributed by atoms with Crippen molar-refractivity contribution in [3.8, 4) is 0 Å². The average molecular weight is 358 g/mol. The molecule has 0 saturated carbocycles. The number of rotatable bonds is 3. The van der Waals surface area contributed by atoms with Crippen LogP contribution < -0.4 is 5.73 Å². The van der Waals surface area contributed by atoms with E-state index in [-0.39, 0.29) is 10.2 Å². The van der Waals surface area contributed by atoms with Crippen molar-refractivity contribution in [2.24, 2.45) is 5.73 Å². The molecule has 2 aromatic carbocycles. The van der Waals surface area contributed by atoms with E-state index in [1.54, 1.807) is 0 Å². The Morgan fingerprint density at radius 2 is 1.58 bits per heavy atom. The predicted octanol–water partition coefficient (Wildman–Crippen LogP) is 4.57. The molecule has 1 spiro atoms. The maximum Gasteiger partial charge on any atom is 0.130 e. The Hall–Kier alpha value is -0.940. The standard InChI is InChI=1S/C20H23NOS2/c21-15-19(17-10-5-2-6-11-17)20(23-12-7-13-24-20)14-18(22-19)16-8-3-1-4-9-16/h1-6,8-11,18H,7,12-15,21H2/t18-,19+/m0/s1. The van der Waals surface area contributed by atoms with Crippen LogP contribution >= 0.6 is 23.5 Å². The third-order valence-corrected chi connectivity index (χ3v) is 8.69. The Morgan fingerprint density at radius 1 is 0.958 bits per heavy atom. The lowest BCUT2D eigenvalue weighted by Gasteiger charge is -2.45. The van der Waals surface area contributed by atoms with E-state index in [9.17, 15) is 0 Å². The van der Waals surface area contributed by atoms with Crippen molar-refractivity contribution < 1.29 is 4.74 Å². The zero-order valence-corrected chi connectivity index (χ0v) is 15.3. The van der Waals surface area contributed by atoms with E-state index in [1.165, 1.54) is 29.1 Å².